The van der Waals surface area contributed by atoms with Crippen molar-refractivity contribution in [1.29, 1.82) is 0 Å². The molecule has 0 unspecified atom stereocenters. The molecule has 0 aromatic rings. The fourth-order valence-corrected chi connectivity index (χ4v) is 1.10. The molecular weight excluding hydrogens is 126 g/mol. The standard InChI is InChI=1S/C8H15NO/c1-4-9-7-8(2,3)5-6-10-9/h4H,1,5-7H2,2-3H3. The summed E-state index contributed by atoms with van der Waals surface area (Å²) in [5, 5.41) is 1.81. The minimum Gasteiger partial charge on any atom is -0.274 e. The molecule has 2 nitrogen and oxygen atoms in total. The van der Waals surface area contributed by atoms with Gasteiger partial charge < -0.3 is 0 Å². The maximum atomic E-state index is 5.28. The summed E-state index contributed by atoms with van der Waals surface area (Å²) < 4.78 is 0. The molecule has 0 atom stereocenters. The second-order valence-corrected chi connectivity index (χ2v) is 3.51. The molecule has 1 aliphatic rings. The first kappa shape index (κ1) is 7.61. The highest BCUT2D eigenvalue weighted by atomic mass is 16.7. The van der Waals surface area contributed by atoms with E-state index >= 15 is 0 Å². The number of hydrogen-bond donors (Lipinski definition) is 0. The van der Waals surface area contributed by atoms with Crippen LogP contribution >= 0.6 is 0 Å². The number of hydroxylamine groups is 2. The molecule has 1 heterocycles. The average molecular weight is 141 g/mol. The van der Waals surface area contributed by atoms with Crippen molar-refractivity contribution in [2.45, 2.75) is 20.3 Å². The summed E-state index contributed by atoms with van der Waals surface area (Å²) >= 11 is 0. The lowest BCUT2D eigenvalue weighted by Crippen LogP contribution is -2.37. The minimum absolute atomic E-state index is 0.381. The Morgan fingerprint density at radius 2 is 2.30 bits per heavy atom. The predicted octanol–water partition coefficient (Wildman–Crippen LogP) is 1.79. The third kappa shape index (κ3) is 1.74. The summed E-state index contributed by atoms with van der Waals surface area (Å²) in [7, 11) is 0. The molecule has 1 saturated heterocycles. The van der Waals surface area contributed by atoms with Gasteiger partial charge in [0.25, 0.3) is 0 Å². The number of hydrogen-bond acceptors (Lipinski definition) is 2. The lowest BCUT2D eigenvalue weighted by molar-refractivity contribution is -0.175. The average Bonchev–Trinajstić information content (AvgIpc) is 1.86. The molecule has 0 spiro atoms. The Morgan fingerprint density at radius 3 is 2.70 bits per heavy atom. The molecule has 1 rings (SSSR count). The molecule has 1 aliphatic heterocycles. The van der Waals surface area contributed by atoms with Crippen LogP contribution in [-0.2, 0) is 4.84 Å². The van der Waals surface area contributed by atoms with Gasteiger partial charge in [0.1, 0.15) is 0 Å². The third-order valence-corrected chi connectivity index (χ3v) is 1.82. The lowest BCUT2D eigenvalue weighted by atomic mass is 9.89. The van der Waals surface area contributed by atoms with Gasteiger partial charge in [-0.3, -0.25) is 9.90 Å². The Balaban J connectivity index is 2.47. The maximum Gasteiger partial charge on any atom is 0.0754 e. The van der Waals surface area contributed by atoms with Crippen LogP contribution in [0.4, 0.5) is 0 Å². The SMILES string of the molecule is C=CN1CC(C)(C)CCO1. The minimum atomic E-state index is 0.381. The fraction of sp³-hybridized carbons (Fsp3) is 0.750. The summed E-state index contributed by atoms with van der Waals surface area (Å²) in [5.41, 5.74) is 0.381. The van der Waals surface area contributed by atoms with E-state index in [4.69, 9.17) is 4.84 Å². The van der Waals surface area contributed by atoms with Crippen molar-refractivity contribution in [3.8, 4) is 0 Å². The van der Waals surface area contributed by atoms with Crippen LogP contribution in [0.25, 0.3) is 0 Å². The van der Waals surface area contributed by atoms with Crippen LogP contribution in [0.1, 0.15) is 20.3 Å². The van der Waals surface area contributed by atoms with Gasteiger partial charge in [0.2, 0.25) is 0 Å². The smallest absolute Gasteiger partial charge is 0.0754 e. The first-order chi connectivity index (χ1) is 4.64. The van der Waals surface area contributed by atoms with Crippen LogP contribution in [0.2, 0.25) is 0 Å². The summed E-state index contributed by atoms with van der Waals surface area (Å²) in [5.74, 6) is 0. The molecule has 0 amide bonds. The van der Waals surface area contributed by atoms with E-state index in [1.807, 2.05) is 5.06 Å². The lowest BCUT2D eigenvalue weighted by Gasteiger charge is -2.36. The van der Waals surface area contributed by atoms with Crippen molar-refractivity contribution < 1.29 is 4.84 Å². The Labute approximate surface area is 62.4 Å². The van der Waals surface area contributed by atoms with E-state index in [9.17, 15) is 0 Å². The van der Waals surface area contributed by atoms with Crippen molar-refractivity contribution in [2.75, 3.05) is 13.2 Å². The molecule has 0 aromatic carbocycles. The first-order valence-electron chi connectivity index (χ1n) is 3.66. The second-order valence-electron chi connectivity index (χ2n) is 3.51. The van der Waals surface area contributed by atoms with Gasteiger partial charge in [0, 0.05) is 6.20 Å². The zero-order chi connectivity index (χ0) is 7.61. The Hall–Kier alpha value is -0.500. The summed E-state index contributed by atoms with van der Waals surface area (Å²) in [6, 6.07) is 0. The first-order valence-corrected chi connectivity index (χ1v) is 3.66. The van der Waals surface area contributed by atoms with Crippen molar-refractivity contribution in [3.63, 3.8) is 0 Å². The monoisotopic (exact) mass is 141 g/mol. The molecule has 0 aliphatic carbocycles. The van der Waals surface area contributed by atoms with Crippen molar-refractivity contribution >= 4 is 0 Å². The molecule has 0 aromatic heterocycles. The van der Waals surface area contributed by atoms with Gasteiger partial charge in [-0.1, -0.05) is 20.4 Å². The van der Waals surface area contributed by atoms with E-state index in [0.717, 1.165) is 19.6 Å². The molecule has 2 heteroatoms. The Kier molecular flexibility index (Phi) is 2.00. The van der Waals surface area contributed by atoms with Crippen LogP contribution in [0.15, 0.2) is 12.8 Å². The van der Waals surface area contributed by atoms with Gasteiger partial charge in [-0.2, -0.15) is 0 Å². The van der Waals surface area contributed by atoms with E-state index in [2.05, 4.69) is 20.4 Å². The van der Waals surface area contributed by atoms with Crippen LogP contribution in [0.5, 0.6) is 0 Å². The molecule has 0 saturated carbocycles. The fourth-order valence-electron chi connectivity index (χ4n) is 1.10. The van der Waals surface area contributed by atoms with E-state index in [1.54, 1.807) is 6.20 Å². The van der Waals surface area contributed by atoms with E-state index in [1.165, 1.54) is 0 Å². The molecule has 58 valence electrons. The van der Waals surface area contributed by atoms with Crippen molar-refractivity contribution in [1.82, 2.24) is 5.06 Å². The zero-order valence-electron chi connectivity index (χ0n) is 6.76. The van der Waals surface area contributed by atoms with Gasteiger partial charge in [-0.15, -0.1) is 0 Å². The van der Waals surface area contributed by atoms with Crippen LogP contribution in [0.3, 0.4) is 0 Å². The van der Waals surface area contributed by atoms with Gasteiger partial charge in [-0.25, -0.2) is 0 Å². The molecule has 10 heavy (non-hydrogen) atoms. The molecule has 0 radical (unpaired) electrons. The van der Waals surface area contributed by atoms with Gasteiger partial charge in [0.05, 0.1) is 13.2 Å². The topological polar surface area (TPSA) is 12.5 Å². The Morgan fingerprint density at radius 1 is 1.60 bits per heavy atom. The van der Waals surface area contributed by atoms with Crippen LogP contribution < -0.4 is 0 Å². The van der Waals surface area contributed by atoms with Crippen LogP contribution in [0, 0.1) is 5.41 Å². The Bertz CT molecular complexity index is 131. The van der Waals surface area contributed by atoms with Crippen molar-refractivity contribution in [2.24, 2.45) is 5.41 Å². The molecule has 1 fully saturated rings. The molecule has 0 N–H and O–H groups in total. The van der Waals surface area contributed by atoms with E-state index < -0.39 is 0 Å². The normalized spacial score (nSPS) is 24.4. The van der Waals surface area contributed by atoms with Crippen molar-refractivity contribution in [3.05, 3.63) is 12.8 Å². The van der Waals surface area contributed by atoms with Gasteiger partial charge in [0.15, 0.2) is 0 Å². The highest BCUT2D eigenvalue weighted by molar-refractivity contribution is 4.77. The van der Waals surface area contributed by atoms with Gasteiger partial charge in [-0.05, 0) is 11.8 Å². The third-order valence-electron chi connectivity index (χ3n) is 1.82. The van der Waals surface area contributed by atoms with Crippen LogP contribution in [-0.4, -0.2) is 18.2 Å². The van der Waals surface area contributed by atoms with Gasteiger partial charge >= 0.3 is 0 Å². The van der Waals surface area contributed by atoms with E-state index in [-0.39, 0.29) is 0 Å². The zero-order valence-corrected chi connectivity index (χ0v) is 6.76. The molecular formula is C8H15NO. The maximum absolute atomic E-state index is 5.28. The number of nitrogens with zero attached hydrogens (tertiary/aromatic N) is 1. The summed E-state index contributed by atoms with van der Waals surface area (Å²) in [6.45, 7) is 9.91. The summed E-state index contributed by atoms with van der Waals surface area (Å²) in [4.78, 5) is 5.28. The largest absolute Gasteiger partial charge is 0.274 e. The summed E-state index contributed by atoms with van der Waals surface area (Å²) in [6.07, 6.45) is 2.87. The highest BCUT2D eigenvalue weighted by Gasteiger charge is 2.25. The quantitative estimate of drug-likeness (QED) is 0.552. The number of rotatable bonds is 1. The van der Waals surface area contributed by atoms with E-state index in [0.29, 0.717) is 5.41 Å². The highest BCUT2D eigenvalue weighted by Crippen LogP contribution is 2.26. The molecule has 0 bridgehead atoms. The predicted molar refractivity (Wildman–Crippen MR) is 41.3 cm³/mol. The second kappa shape index (κ2) is 2.62.